The van der Waals surface area contributed by atoms with Crippen LogP contribution < -0.4 is 0 Å². The number of ether oxygens (including phenoxy) is 2. The van der Waals surface area contributed by atoms with Crippen molar-refractivity contribution in [2.24, 2.45) is 0 Å². The first-order valence-electron chi connectivity index (χ1n) is 7.79. The minimum absolute atomic E-state index is 0.274. The number of carbonyl (C=O) groups excluding carboxylic acids is 1. The summed E-state index contributed by atoms with van der Waals surface area (Å²) in [5, 5.41) is 0. The predicted octanol–water partition coefficient (Wildman–Crippen LogP) is 1.47. The summed E-state index contributed by atoms with van der Waals surface area (Å²) in [7, 11) is 3.36. The van der Waals surface area contributed by atoms with Gasteiger partial charge in [-0.15, -0.1) is 0 Å². The van der Waals surface area contributed by atoms with Crippen molar-refractivity contribution in [1.29, 1.82) is 0 Å². The number of hydrogen-bond donors (Lipinski definition) is 0. The second kappa shape index (κ2) is 7.38. The van der Waals surface area contributed by atoms with Gasteiger partial charge in [-0.3, -0.25) is 4.79 Å². The normalized spacial score (nSPS) is 23.8. The predicted molar refractivity (Wildman–Crippen MR) is 77.5 cm³/mol. The highest BCUT2D eigenvalue weighted by atomic mass is 16.7. The number of hydrogen-bond acceptors (Lipinski definition) is 4. The molecule has 2 aliphatic rings. The van der Waals surface area contributed by atoms with Crippen LogP contribution in [0.2, 0.25) is 0 Å². The Balaban J connectivity index is 1.71. The van der Waals surface area contributed by atoms with Gasteiger partial charge >= 0.3 is 0 Å². The second-order valence-electron chi connectivity index (χ2n) is 5.85. The van der Waals surface area contributed by atoms with Gasteiger partial charge in [0.25, 0.3) is 0 Å². The van der Waals surface area contributed by atoms with Crippen LogP contribution in [-0.2, 0) is 14.3 Å². The van der Waals surface area contributed by atoms with Crippen LogP contribution in [0.25, 0.3) is 0 Å². The first-order valence-corrected chi connectivity index (χ1v) is 7.79. The van der Waals surface area contributed by atoms with Crippen LogP contribution in [0.4, 0.5) is 0 Å². The van der Waals surface area contributed by atoms with Crippen LogP contribution in [0.15, 0.2) is 0 Å². The quantitative estimate of drug-likeness (QED) is 0.717. The highest BCUT2D eigenvalue weighted by molar-refractivity contribution is 5.76. The fourth-order valence-electron chi connectivity index (χ4n) is 3.18. The third-order valence-corrected chi connectivity index (χ3v) is 4.71. The number of rotatable bonds is 5. The first-order chi connectivity index (χ1) is 9.69. The van der Waals surface area contributed by atoms with E-state index in [1.54, 1.807) is 14.2 Å². The van der Waals surface area contributed by atoms with E-state index in [1.165, 1.54) is 19.3 Å². The molecule has 5 heteroatoms. The maximum absolute atomic E-state index is 12.2. The molecule has 0 spiro atoms. The Morgan fingerprint density at radius 1 is 1.00 bits per heavy atom. The Bertz CT molecular complexity index is 302. The van der Waals surface area contributed by atoms with Crippen LogP contribution in [0.3, 0.4) is 0 Å². The summed E-state index contributed by atoms with van der Waals surface area (Å²) in [5.74, 6) is -0.208. The standard InChI is InChI=1S/C15H28N2O3/c1-19-15(20-2)7-12-17(13-8-15)14(18)6-11-16-9-4-3-5-10-16/h3-13H2,1-2H3. The molecule has 2 saturated heterocycles. The summed E-state index contributed by atoms with van der Waals surface area (Å²) >= 11 is 0. The highest BCUT2D eigenvalue weighted by Crippen LogP contribution is 2.26. The van der Waals surface area contributed by atoms with Gasteiger partial charge in [0, 0.05) is 53.1 Å². The van der Waals surface area contributed by atoms with Crippen molar-refractivity contribution in [3.05, 3.63) is 0 Å². The van der Waals surface area contributed by atoms with Crippen LogP contribution >= 0.6 is 0 Å². The zero-order valence-electron chi connectivity index (χ0n) is 12.9. The van der Waals surface area contributed by atoms with E-state index >= 15 is 0 Å². The van der Waals surface area contributed by atoms with Gasteiger partial charge in [-0.1, -0.05) is 6.42 Å². The van der Waals surface area contributed by atoms with Crippen molar-refractivity contribution in [3.63, 3.8) is 0 Å². The first kappa shape index (κ1) is 15.7. The van der Waals surface area contributed by atoms with Gasteiger partial charge < -0.3 is 19.3 Å². The van der Waals surface area contributed by atoms with Crippen molar-refractivity contribution >= 4 is 5.91 Å². The molecular weight excluding hydrogens is 256 g/mol. The summed E-state index contributed by atoms with van der Waals surface area (Å²) in [6, 6.07) is 0. The zero-order valence-corrected chi connectivity index (χ0v) is 12.9. The lowest BCUT2D eigenvalue weighted by atomic mass is 10.0. The molecule has 20 heavy (non-hydrogen) atoms. The van der Waals surface area contributed by atoms with Gasteiger partial charge in [0.05, 0.1) is 0 Å². The Morgan fingerprint density at radius 2 is 1.60 bits per heavy atom. The second-order valence-corrected chi connectivity index (χ2v) is 5.85. The minimum atomic E-state index is -0.482. The van der Waals surface area contributed by atoms with E-state index in [1.807, 2.05) is 4.90 Å². The molecule has 116 valence electrons. The fraction of sp³-hybridized carbons (Fsp3) is 0.933. The van der Waals surface area contributed by atoms with Crippen molar-refractivity contribution < 1.29 is 14.3 Å². The molecule has 0 bridgehead atoms. The SMILES string of the molecule is COC1(OC)CCN(C(=O)CCN2CCCCC2)CC1. The topological polar surface area (TPSA) is 42.0 Å². The molecular formula is C15H28N2O3. The molecule has 1 amide bonds. The molecule has 0 saturated carbocycles. The van der Waals surface area contributed by atoms with Crippen LogP contribution in [0.5, 0.6) is 0 Å². The molecule has 5 nitrogen and oxygen atoms in total. The molecule has 0 N–H and O–H groups in total. The average molecular weight is 284 g/mol. The molecule has 0 atom stereocenters. The largest absolute Gasteiger partial charge is 0.353 e. The zero-order chi connectivity index (χ0) is 14.4. The Labute approximate surface area is 122 Å². The molecule has 0 aromatic heterocycles. The van der Waals surface area contributed by atoms with Gasteiger partial charge in [-0.2, -0.15) is 0 Å². The molecule has 2 rings (SSSR count). The number of methoxy groups -OCH3 is 2. The third-order valence-electron chi connectivity index (χ3n) is 4.71. The Kier molecular flexibility index (Phi) is 5.81. The van der Waals surface area contributed by atoms with E-state index in [2.05, 4.69) is 4.90 Å². The highest BCUT2D eigenvalue weighted by Gasteiger charge is 2.35. The molecule has 2 heterocycles. The van der Waals surface area contributed by atoms with Crippen LogP contribution in [0, 0.1) is 0 Å². The molecule has 2 fully saturated rings. The number of amides is 1. The summed E-state index contributed by atoms with van der Waals surface area (Å²) < 4.78 is 10.9. The van der Waals surface area contributed by atoms with E-state index in [0.717, 1.165) is 45.6 Å². The molecule has 2 aliphatic heterocycles. The molecule has 0 aliphatic carbocycles. The van der Waals surface area contributed by atoms with E-state index in [0.29, 0.717) is 6.42 Å². The summed E-state index contributed by atoms with van der Waals surface area (Å²) in [6.07, 6.45) is 6.06. The number of likely N-dealkylation sites (tertiary alicyclic amines) is 2. The molecule has 0 aromatic carbocycles. The fourth-order valence-corrected chi connectivity index (χ4v) is 3.18. The average Bonchev–Trinajstić information content (AvgIpc) is 2.53. The smallest absolute Gasteiger partial charge is 0.223 e. The Hall–Kier alpha value is -0.650. The molecule has 0 unspecified atom stereocenters. The third kappa shape index (κ3) is 3.93. The van der Waals surface area contributed by atoms with Crippen molar-refractivity contribution in [3.8, 4) is 0 Å². The van der Waals surface area contributed by atoms with E-state index in [-0.39, 0.29) is 5.91 Å². The van der Waals surface area contributed by atoms with E-state index < -0.39 is 5.79 Å². The number of piperidine rings is 2. The lowest BCUT2D eigenvalue weighted by Crippen LogP contribution is -2.49. The van der Waals surface area contributed by atoms with Crippen LogP contribution in [-0.4, -0.2) is 68.4 Å². The monoisotopic (exact) mass is 284 g/mol. The van der Waals surface area contributed by atoms with Gasteiger partial charge in [0.15, 0.2) is 5.79 Å². The number of nitrogens with zero attached hydrogens (tertiary/aromatic N) is 2. The van der Waals surface area contributed by atoms with Gasteiger partial charge in [0.2, 0.25) is 5.91 Å². The van der Waals surface area contributed by atoms with Gasteiger partial charge in [0.1, 0.15) is 0 Å². The summed E-state index contributed by atoms with van der Waals surface area (Å²) in [5.41, 5.74) is 0. The Morgan fingerprint density at radius 3 is 2.15 bits per heavy atom. The van der Waals surface area contributed by atoms with Gasteiger partial charge in [-0.25, -0.2) is 0 Å². The van der Waals surface area contributed by atoms with Crippen LogP contribution in [0.1, 0.15) is 38.5 Å². The summed E-state index contributed by atoms with van der Waals surface area (Å²) in [4.78, 5) is 16.6. The lowest BCUT2D eigenvalue weighted by molar-refractivity contribution is -0.228. The van der Waals surface area contributed by atoms with Gasteiger partial charge in [-0.05, 0) is 25.9 Å². The van der Waals surface area contributed by atoms with Crippen molar-refractivity contribution in [2.45, 2.75) is 44.3 Å². The van der Waals surface area contributed by atoms with Crippen molar-refractivity contribution in [1.82, 2.24) is 9.80 Å². The van der Waals surface area contributed by atoms with E-state index in [4.69, 9.17) is 9.47 Å². The molecule has 0 aromatic rings. The summed E-state index contributed by atoms with van der Waals surface area (Å²) in [6.45, 7) is 4.70. The van der Waals surface area contributed by atoms with E-state index in [9.17, 15) is 4.79 Å². The lowest BCUT2D eigenvalue weighted by Gasteiger charge is -2.39. The minimum Gasteiger partial charge on any atom is -0.353 e. The molecule has 0 radical (unpaired) electrons. The maximum atomic E-state index is 12.2. The number of carbonyl (C=O) groups is 1. The van der Waals surface area contributed by atoms with Crippen molar-refractivity contribution in [2.75, 3.05) is 46.9 Å². The maximum Gasteiger partial charge on any atom is 0.223 e.